The fraction of sp³-hybridized carbons (Fsp3) is 0.265. The van der Waals surface area contributed by atoms with E-state index in [-0.39, 0.29) is 15.9 Å². The van der Waals surface area contributed by atoms with Crippen molar-refractivity contribution in [2.45, 2.75) is 36.0 Å². The Bertz CT molecular complexity index is 1780. The molecule has 45 heavy (non-hydrogen) atoms. The SMILES string of the molecule is CC(C)(I)C1C=CC(C(Nc2ccc([C@H](O)NCCS(=O)(=O)O)cc2)C(=O)Nc2ccc(-c3cc4ccccc4o3)cc2)=CC1. The lowest BCUT2D eigenvalue weighted by Crippen LogP contribution is -2.37. The van der Waals surface area contributed by atoms with Gasteiger partial charge in [-0.25, -0.2) is 0 Å². The summed E-state index contributed by atoms with van der Waals surface area (Å²) in [6.07, 6.45) is 5.95. The highest BCUT2D eigenvalue weighted by molar-refractivity contribution is 14.1. The third-order valence-electron chi connectivity index (χ3n) is 7.70. The van der Waals surface area contributed by atoms with Gasteiger partial charge in [0.25, 0.3) is 16.0 Å². The zero-order chi connectivity index (χ0) is 32.2. The Labute approximate surface area is 276 Å². The number of aliphatic hydroxyl groups is 1. The highest BCUT2D eigenvalue weighted by atomic mass is 127. The van der Waals surface area contributed by atoms with Crippen LogP contribution in [0.15, 0.2) is 107 Å². The van der Waals surface area contributed by atoms with Gasteiger partial charge in [-0.15, -0.1) is 0 Å². The number of furan rings is 1. The number of carbonyl (C=O) groups excluding carboxylic acids is 1. The van der Waals surface area contributed by atoms with Crippen LogP contribution in [0.1, 0.15) is 32.1 Å². The molecule has 1 heterocycles. The number of anilines is 2. The minimum Gasteiger partial charge on any atom is -0.456 e. The number of hydrogen-bond donors (Lipinski definition) is 5. The number of allylic oxidation sites excluding steroid dienone is 2. The van der Waals surface area contributed by atoms with E-state index >= 15 is 0 Å². The summed E-state index contributed by atoms with van der Waals surface area (Å²) in [4.78, 5) is 13.8. The van der Waals surface area contributed by atoms with Crippen LogP contribution >= 0.6 is 22.6 Å². The molecule has 0 radical (unpaired) electrons. The molecule has 5 N–H and O–H groups in total. The number of aliphatic hydroxyl groups excluding tert-OH is 1. The number of para-hydroxylation sites is 1. The molecule has 3 aromatic carbocycles. The van der Waals surface area contributed by atoms with Crippen molar-refractivity contribution in [1.29, 1.82) is 0 Å². The number of amides is 1. The van der Waals surface area contributed by atoms with Crippen LogP contribution in [0, 0.1) is 5.92 Å². The minimum atomic E-state index is -4.13. The van der Waals surface area contributed by atoms with E-state index in [4.69, 9.17) is 8.97 Å². The molecule has 236 valence electrons. The average Bonchev–Trinajstić information content (AvgIpc) is 3.44. The highest BCUT2D eigenvalue weighted by Gasteiger charge is 2.29. The summed E-state index contributed by atoms with van der Waals surface area (Å²) in [5.41, 5.74) is 4.38. The molecule has 1 aromatic heterocycles. The van der Waals surface area contributed by atoms with E-state index in [1.165, 1.54) is 0 Å². The van der Waals surface area contributed by atoms with Gasteiger partial charge in [0.05, 0.1) is 5.75 Å². The van der Waals surface area contributed by atoms with Gasteiger partial charge in [-0.1, -0.05) is 85.0 Å². The van der Waals surface area contributed by atoms with Crippen LogP contribution in [0.4, 0.5) is 11.4 Å². The molecule has 11 heteroatoms. The standard InChI is InChI=1S/C34H36IN3O6S/c1-34(2,35)26-13-7-23(8-14-26)31(37-27-17-11-24(12-18-27)32(39)36-19-20-45(41,42)43)33(40)38-28-15-9-22(10-16-28)30-21-25-5-3-4-6-29(25)44-30/h3-13,15-18,21,26,31-32,36-37,39H,14,19-20H2,1-2H3,(H,38,40)(H,41,42,43)/t26?,31?,32-/m0/s1. The second-order valence-corrected chi connectivity index (χ2v) is 15.9. The zero-order valence-electron chi connectivity index (χ0n) is 24.9. The largest absolute Gasteiger partial charge is 0.456 e. The Morgan fingerprint density at radius 3 is 2.36 bits per heavy atom. The number of alkyl halides is 1. The van der Waals surface area contributed by atoms with Gasteiger partial charge in [0, 0.05) is 32.3 Å². The van der Waals surface area contributed by atoms with Crippen LogP contribution < -0.4 is 16.0 Å². The fourth-order valence-corrected chi connectivity index (χ4v) is 5.93. The summed E-state index contributed by atoms with van der Waals surface area (Å²) < 4.78 is 36.8. The molecule has 1 aliphatic rings. The first-order valence-electron chi connectivity index (χ1n) is 14.6. The first-order valence-corrected chi connectivity index (χ1v) is 17.2. The molecular formula is C34H36IN3O6S. The molecular weight excluding hydrogens is 705 g/mol. The van der Waals surface area contributed by atoms with Gasteiger partial charge in [0.15, 0.2) is 0 Å². The zero-order valence-corrected chi connectivity index (χ0v) is 27.9. The van der Waals surface area contributed by atoms with Crippen molar-refractivity contribution in [2.24, 2.45) is 5.92 Å². The van der Waals surface area contributed by atoms with Crippen LogP contribution in [0.2, 0.25) is 0 Å². The van der Waals surface area contributed by atoms with Crippen LogP contribution in [-0.4, -0.2) is 45.7 Å². The Balaban J connectivity index is 1.30. The first-order chi connectivity index (χ1) is 21.4. The summed E-state index contributed by atoms with van der Waals surface area (Å²) in [7, 11) is -4.13. The lowest BCUT2D eigenvalue weighted by Gasteiger charge is -2.30. The summed E-state index contributed by atoms with van der Waals surface area (Å²) in [5, 5.41) is 20.4. The number of rotatable bonds is 12. The topological polar surface area (TPSA) is 141 Å². The molecule has 0 aliphatic heterocycles. The molecule has 2 unspecified atom stereocenters. The van der Waals surface area contributed by atoms with Gasteiger partial charge in [-0.05, 0) is 72.0 Å². The number of nitrogens with one attached hydrogen (secondary N) is 3. The molecule has 1 aliphatic carbocycles. The Hall–Kier alpha value is -3.49. The predicted molar refractivity (Wildman–Crippen MR) is 187 cm³/mol. The fourth-order valence-electron chi connectivity index (χ4n) is 5.09. The van der Waals surface area contributed by atoms with Crippen molar-refractivity contribution in [1.82, 2.24) is 5.32 Å². The molecule has 0 spiro atoms. The number of benzene rings is 3. The third kappa shape index (κ3) is 8.82. The number of fused-ring (bicyclic) bond motifs is 1. The smallest absolute Gasteiger partial charge is 0.266 e. The van der Waals surface area contributed by atoms with Crippen molar-refractivity contribution in [2.75, 3.05) is 22.9 Å². The van der Waals surface area contributed by atoms with E-state index in [9.17, 15) is 18.3 Å². The van der Waals surface area contributed by atoms with Crippen molar-refractivity contribution >= 4 is 61.0 Å². The number of carbonyl (C=O) groups is 1. The van der Waals surface area contributed by atoms with Crippen molar-refractivity contribution in [3.63, 3.8) is 0 Å². The Kier molecular flexibility index (Phi) is 10.1. The van der Waals surface area contributed by atoms with Crippen LogP contribution in [0.5, 0.6) is 0 Å². The minimum absolute atomic E-state index is 0.0646. The van der Waals surface area contributed by atoms with Crippen LogP contribution in [0.3, 0.4) is 0 Å². The summed E-state index contributed by atoms with van der Waals surface area (Å²) in [6.45, 7) is 4.26. The lowest BCUT2D eigenvalue weighted by atomic mass is 9.85. The molecule has 0 saturated carbocycles. The van der Waals surface area contributed by atoms with Crippen molar-refractivity contribution in [3.05, 3.63) is 108 Å². The maximum atomic E-state index is 13.8. The third-order valence-corrected chi connectivity index (χ3v) is 9.22. The first kappa shape index (κ1) is 32.9. The van der Waals surface area contributed by atoms with Gasteiger partial charge in [0.2, 0.25) is 0 Å². The monoisotopic (exact) mass is 741 g/mol. The number of hydrogen-bond acceptors (Lipinski definition) is 7. The average molecular weight is 742 g/mol. The van der Waals surface area contributed by atoms with Gasteiger partial charge in [0.1, 0.15) is 23.6 Å². The molecule has 3 atom stereocenters. The normalized spacial score (nSPS) is 16.6. The van der Waals surface area contributed by atoms with E-state index in [1.54, 1.807) is 24.3 Å². The summed E-state index contributed by atoms with van der Waals surface area (Å²) in [5.74, 6) is 0.346. The quantitative estimate of drug-likeness (QED) is 0.0468. The Morgan fingerprint density at radius 2 is 1.73 bits per heavy atom. The van der Waals surface area contributed by atoms with E-state index in [0.717, 1.165) is 34.3 Å². The van der Waals surface area contributed by atoms with Gasteiger partial charge >= 0.3 is 0 Å². The van der Waals surface area contributed by atoms with Crippen LogP contribution in [0.25, 0.3) is 22.3 Å². The lowest BCUT2D eigenvalue weighted by molar-refractivity contribution is -0.116. The molecule has 5 rings (SSSR count). The Morgan fingerprint density at radius 1 is 1.04 bits per heavy atom. The van der Waals surface area contributed by atoms with Crippen LogP contribution in [-0.2, 0) is 14.9 Å². The van der Waals surface area contributed by atoms with Gasteiger partial charge in [-0.2, -0.15) is 8.42 Å². The van der Waals surface area contributed by atoms with Gasteiger partial charge < -0.3 is 20.2 Å². The van der Waals surface area contributed by atoms with Gasteiger partial charge in [-0.3, -0.25) is 14.7 Å². The van der Waals surface area contributed by atoms with E-state index < -0.39 is 28.1 Å². The van der Waals surface area contributed by atoms with Crippen molar-refractivity contribution in [3.8, 4) is 11.3 Å². The maximum absolute atomic E-state index is 13.8. The van der Waals surface area contributed by atoms with Crippen molar-refractivity contribution < 1.29 is 27.3 Å². The maximum Gasteiger partial charge on any atom is 0.266 e. The second-order valence-electron chi connectivity index (χ2n) is 11.5. The highest BCUT2D eigenvalue weighted by Crippen LogP contribution is 2.35. The summed E-state index contributed by atoms with van der Waals surface area (Å²) >= 11 is 2.45. The predicted octanol–water partition coefficient (Wildman–Crippen LogP) is 6.70. The molecule has 0 fully saturated rings. The molecule has 4 aromatic rings. The summed E-state index contributed by atoms with van der Waals surface area (Å²) in [6, 6.07) is 23.5. The second kappa shape index (κ2) is 13.9. The van der Waals surface area contributed by atoms with E-state index in [1.807, 2.05) is 60.7 Å². The van der Waals surface area contributed by atoms with E-state index in [2.05, 4.69) is 64.5 Å². The van der Waals surface area contributed by atoms with E-state index in [0.29, 0.717) is 22.9 Å². The number of halogens is 1. The molecule has 9 nitrogen and oxygen atoms in total. The molecule has 0 saturated heterocycles. The molecule has 1 amide bonds. The molecule has 0 bridgehead atoms.